The van der Waals surface area contributed by atoms with Crippen LogP contribution in [0.3, 0.4) is 0 Å². The van der Waals surface area contributed by atoms with E-state index in [2.05, 4.69) is 29.7 Å². The van der Waals surface area contributed by atoms with Crippen LogP contribution in [0.15, 0.2) is 54.6 Å². The largest absolute Gasteiger partial charge is 0.493 e. The predicted molar refractivity (Wildman–Crippen MR) is 171 cm³/mol. The van der Waals surface area contributed by atoms with Crippen molar-refractivity contribution in [3.05, 3.63) is 82.3 Å². The van der Waals surface area contributed by atoms with E-state index in [9.17, 15) is 4.79 Å². The molecule has 224 valence electrons. The van der Waals surface area contributed by atoms with Gasteiger partial charge in [-0.15, -0.1) is 0 Å². The summed E-state index contributed by atoms with van der Waals surface area (Å²) in [7, 11) is 1.99. The van der Waals surface area contributed by atoms with Gasteiger partial charge in [-0.2, -0.15) is 5.10 Å². The molecular weight excluding hydrogens is 562 g/mol. The molecule has 0 saturated heterocycles. The number of aromatic nitrogens is 3. The third-order valence-corrected chi connectivity index (χ3v) is 8.52. The maximum atomic E-state index is 13.6. The summed E-state index contributed by atoms with van der Waals surface area (Å²) in [5, 5.41) is 8.72. The number of nitrogens with zero attached hydrogens (tertiary/aromatic N) is 3. The Bertz CT molecular complexity index is 1790. The lowest BCUT2D eigenvalue weighted by atomic mass is 9.97. The van der Waals surface area contributed by atoms with Gasteiger partial charge in [0.2, 0.25) is 0 Å². The molecule has 1 aliphatic heterocycles. The lowest BCUT2D eigenvalue weighted by molar-refractivity contribution is 0.0512. The zero-order valence-corrected chi connectivity index (χ0v) is 25.9. The first-order chi connectivity index (χ1) is 21.0. The van der Waals surface area contributed by atoms with Crippen molar-refractivity contribution in [3.8, 4) is 16.9 Å². The quantitative estimate of drug-likeness (QED) is 0.134. The molecule has 0 bridgehead atoms. The number of benzene rings is 3. The van der Waals surface area contributed by atoms with Gasteiger partial charge in [-0.05, 0) is 74.2 Å². The fourth-order valence-electron chi connectivity index (χ4n) is 6.36. The molecule has 5 aromatic rings. The number of rotatable bonds is 8. The second kappa shape index (κ2) is 12.8. The van der Waals surface area contributed by atoms with E-state index in [1.165, 1.54) is 0 Å². The standard InChI is InChI=1S/C35H38ClN3O4/c1-4-29-32-28-13-9-12-26-27(14-10-20-43-31-15-8-11-23-21-24(36)16-17-25(23)31)34(35(40)42-5-2)39(33(26)28)18-6-7-19-41-22-30(32)38(3)37-29/h8-9,11-13,15-17,21H,4-7,10,14,18-20,22H2,1-3H3. The van der Waals surface area contributed by atoms with Crippen LogP contribution in [0.4, 0.5) is 0 Å². The van der Waals surface area contributed by atoms with Crippen molar-refractivity contribution < 1.29 is 19.0 Å². The number of carbonyl (C=O) groups excluding carboxylic acids is 1. The third-order valence-electron chi connectivity index (χ3n) is 8.29. The van der Waals surface area contributed by atoms with E-state index >= 15 is 0 Å². The molecular formula is C35H38ClN3O4. The van der Waals surface area contributed by atoms with Crippen molar-refractivity contribution in [1.82, 2.24) is 14.3 Å². The Hall–Kier alpha value is -3.81. The molecule has 0 amide bonds. The molecule has 0 aliphatic carbocycles. The molecule has 0 spiro atoms. The number of aryl methyl sites for hydroxylation is 4. The summed E-state index contributed by atoms with van der Waals surface area (Å²) in [6, 6.07) is 18.2. The highest BCUT2D eigenvalue weighted by Gasteiger charge is 2.28. The number of hydrogen-bond acceptors (Lipinski definition) is 5. The zero-order valence-electron chi connectivity index (χ0n) is 25.1. The van der Waals surface area contributed by atoms with Crippen LogP contribution in [0, 0.1) is 0 Å². The number of ether oxygens (including phenoxy) is 3. The summed E-state index contributed by atoms with van der Waals surface area (Å²) in [5.74, 6) is 0.553. The first-order valence-corrected chi connectivity index (χ1v) is 15.6. The normalized spacial score (nSPS) is 13.6. The number of hydrogen-bond donors (Lipinski definition) is 0. The van der Waals surface area contributed by atoms with Crippen molar-refractivity contribution in [2.45, 2.75) is 59.1 Å². The van der Waals surface area contributed by atoms with Crippen LogP contribution >= 0.6 is 11.6 Å². The summed E-state index contributed by atoms with van der Waals surface area (Å²) >= 11 is 6.21. The highest BCUT2D eigenvalue weighted by molar-refractivity contribution is 6.31. The Morgan fingerprint density at radius 2 is 1.93 bits per heavy atom. The first kappa shape index (κ1) is 29.3. The maximum Gasteiger partial charge on any atom is 0.355 e. The fourth-order valence-corrected chi connectivity index (χ4v) is 6.54. The minimum atomic E-state index is -0.278. The van der Waals surface area contributed by atoms with Gasteiger partial charge in [0.25, 0.3) is 0 Å². The van der Waals surface area contributed by atoms with Crippen molar-refractivity contribution in [2.24, 2.45) is 7.05 Å². The molecule has 6 rings (SSSR count). The summed E-state index contributed by atoms with van der Waals surface area (Å²) in [6.45, 7) is 6.70. The zero-order chi connectivity index (χ0) is 29.9. The van der Waals surface area contributed by atoms with E-state index in [1.54, 1.807) is 0 Å². The third kappa shape index (κ3) is 5.64. The number of halogens is 1. The van der Waals surface area contributed by atoms with Gasteiger partial charge in [-0.3, -0.25) is 4.68 Å². The highest BCUT2D eigenvalue weighted by atomic mass is 35.5. The molecule has 7 nitrogen and oxygen atoms in total. The highest BCUT2D eigenvalue weighted by Crippen LogP contribution is 2.39. The average Bonchev–Trinajstić information content (AvgIpc) is 3.49. The second-order valence-corrected chi connectivity index (χ2v) is 11.4. The Morgan fingerprint density at radius 3 is 2.77 bits per heavy atom. The minimum Gasteiger partial charge on any atom is -0.493 e. The molecule has 3 heterocycles. The Labute approximate surface area is 257 Å². The Balaban J connectivity index is 1.42. The van der Waals surface area contributed by atoms with Gasteiger partial charge in [0.05, 0.1) is 36.7 Å². The van der Waals surface area contributed by atoms with E-state index in [-0.39, 0.29) is 5.97 Å². The van der Waals surface area contributed by atoms with Crippen molar-refractivity contribution in [1.29, 1.82) is 0 Å². The minimum absolute atomic E-state index is 0.278. The topological polar surface area (TPSA) is 67.5 Å². The van der Waals surface area contributed by atoms with Crippen molar-refractivity contribution in [3.63, 3.8) is 0 Å². The van der Waals surface area contributed by atoms with Crippen molar-refractivity contribution in [2.75, 3.05) is 19.8 Å². The summed E-state index contributed by atoms with van der Waals surface area (Å²) in [6.07, 6.45) is 4.02. The summed E-state index contributed by atoms with van der Waals surface area (Å²) in [4.78, 5) is 13.6. The van der Waals surface area contributed by atoms with E-state index < -0.39 is 0 Å². The van der Waals surface area contributed by atoms with Gasteiger partial charge < -0.3 is 18.8 Å². The SMILES string of the molecule is CCOC(=O)c1c(CCCOc2cccc3cc(Cl)ccc23)c2cccc3c2n1CCCCOCc1c-3c(CC)nn1C. The number of carbonyl (C=O) groups is 1. The summed E-state index contributed by atoms with van der Waals surface area (Å²) < 4.78 is 22.2. The van der Waals surface area contributed by atoms with Crippen LogP contribution in [0.2, 0.25) is 5.02 Å². The maximum absolute atomic E-state index is 13.6. The molecule has 0 atom stereocenters. The lowest BCUT2D eigenvalue weighted by Gasteiger charge is -2.13. The van der Waals surface area contributed by atoms with Crippen LogP contribution in [-0.4, -0.2) is 40.1 Å². The number of fused-ring (bicyclic) bond motifs is 3. The van der Waals surface area contributed by atoms with Crippen LogP contribution in [-0.2, 0) is 42.5 Å². The van der Waals surface area contributed by atoms with E-state index in [0.29, 0.717) is 50.1 Å². The van der Waals surface area contributed by atoms with Gasteiger partial charge >= 0.3 is 5.97 Å². The smallest absolute Gasteiger partial charge is 0.355 e. The molecule has 2 aromatic heterocycles. The molecule has 0 saturated carbocycles. The molecule has 3 aromatic carbocycles. The second-order valence-electron chi connectivity index (χ2n) is 11.0. The predicted octanol–water partition coefficient (Wildman–Crippen LogP) is 7.91. The van der Waals surface area contributed by atoms with Crippen LogP contribution in [0.25, 0.3) is 32.8 Å². The average molecular weight is 600 g/mol. The van der Waals surface area contributed by atoms with Crippen LogP contribution in [0.1, 0.15) is 60.5 Å². The molecule has 8 heteroatoms. The number of para-hydroxylation sites is 1. The molecule has 0 fully saturated rings. The first-order valence-electron chi connectivity index (χ1n) is 15.3. The van der Waals surface area contributed by atoms with E-state index in [0.717, 1.165) is 81.2 Å². The van der Waals surface area contributed by atoms with Gasteiger partial charge in [-0.1, -0.05) is 48.9 Å². The molecule has 1 aliphatic rings. The van der Waals surface area contributed by atoms with Crippen molar-refractivity contribution >= 4 is 39.2 Å². The number of esters is 1. The van der Waals surface area contributed by atoms with Crippen LogP contribution in [0.5, 0.6) is 5.75 Å². The molecule has 43 heavy (non-hydrogen) atoms. The van der Waals surface area contributed by atoms with E-state index in [4.69, 9.17) is 30.9 Å². The Morgan fingerprint density at radius 1 is 1.07 bits per heavy atom. The molecule has 0 unspecified atom stereocenters. The van der Waals surface area contributed by atoms with Gasteiger partial charge in [0.1, 0.15) is 11.4 Å². The van der Waals surface area contributed by atoms with Gasteiger partial charge in [0.15, 0.2) is 0 Å². The van der Waals surface area contributed by atoms with Gasteiger partial charge in [-0.25, -0.2) is 4.79 Å². The van der Waals surface area contributed by atoms with E-state index in [1.807, 2.05) is 55.1 Å². The van der Waals surface area contributed by atoms with Gasteiger partial charge in [0, 0.05) is 47.1 Å². The molecule has 0 N–H and O–H groups in total. The Kier molecular flexibility index (Phi) is 8.73. The van der Waals surface area contributed by atoms with Crippen LogP contribution < -0.4 is 4.74 Å². The fraction of sp³-hybridized carbons (Fsp3) is 0.371. The lowest BCUT2D eigenvalue weighted by Crippen LogP contribution is -2.15. The summed E-state index contributed by atoms with van der Waals surface area (Å²) in [5.41, 5.74) is 7.02. The monoisotopic (exact) mass is 599 g/mol. The molecule has 0 radical (unpaired) electrons.